The van der Waals surface area contributed by atoms with E-state index < -0.39 is 0 Å². The van der Waals surface area contributed by atoms with Crippen LogP contribution in [0.5, 0.6) is 0 Å². The molecule has 3 N–H and O–H groups in total. The molecule has 1 aromatic carbocycles. The van der Waals surface area contributed by atoms with Crippen molar-refractivity contribution in [2.75, 3.05) is 30.9 Å². The number of halogens is 1. The van der Waals surface area contributed by atoms with E-state index in [-0.39, 0.29) is 17.9 Å². The molecule has 0 saturated carbocycles. The van der Waals surface area contributed by atoms with E-state index in [1.807, 2.05) is 39.8 Å². The Morgan fingerprint density at radius 2 is 1.92 bits per heavy atom. The van der Waals surface area contributed by atoms with Crippen molar-refractivity contribution in [2.24, 2.45) is 0 Å². The number of aryl methyl sites for hydroxylation is 1. The van der Waals surface area contributed by atoms with Crippen molar-refractivity contribution < 1.29 is 4.79 Å². The summed E-state index contributed by atoms with van der Waals surface area (Å²) in [4.78, 5) is 30.0. The fourth-order valence-electron chi connectivity index (χ4n) is 2.71. The molecule has 0 radical (unpaired) electrons. The Kier molecular flexibility index (Phi) is 6.32. The molecule has 1 amide bonds. The van der Waals surface area contributed by atoms with Crippen LogP contribution in [0.4, 0.5) is 11.5 Å². The molecule has 0 unspecified atom stereocenters. The minimum Gasteiger partial charge on any atom is -0.385 e. The molecule has 7 heteroatoms. The van der Waals surface area contributed by atoms with Crippen LogP contribution in [-0.4, -0.2) is 31.5 Å². The van der Waals surface area contributed by atoms with Gasteiger partial charge in [-0.1, -0.05) is 11.6 Å². The standard InChI is InChI=1S/C19H25ClN4O2/c1-6-21-16-8-13(20)7-14(11(16)2)19(26)22-10-15-12(3)23-18(24(4)5)9-17(15)25/h7-9,21H,6,10H2,1-5H3,(H,22,26)(H,23,25). The lowest BCUT2D eigenvalue weighted by atomic mass is 10.1. The number of anilines is 2. The van der Waals surface area contributed by atoms with Crippen LogP contribution in [0, 0.1) is 13.8 Å². The van der Waals surface area contributed by atoms with E-state index in [4.69, 9.17) is 11.6 Å². The monoisotopic (exact) mass is 376 g/mol. The lowest BCUT2D eigenvalue weighted by Crippen LogP contribution is -2.28. The van der Waals surface area contributed by atoms with Gasteiger partial charge in [-0.05, 0) is 38.5 Å². The van der Waals surface area contributed by atoms with Crippen molar-refractivity contribution in [1.82, 2.24) is 10.3 Å². The average Bonchev–Trinajstić information content (AvgIpc) is 2.56. The number of pyridine rings is 1. The third-order valence-corrected chi connectivity index (χ3v) is 4.44. The van der Waals surface area contributed by atoms with Crippen LogP contribution in [-0.2, 0) is 6.54 Å². The number of nitrogens with one attached hydrogen (secondary N) is 3. The Morgan fingerprint density at radius 1 is 1.23 bits per heavy atom. The van der Waals surface area contributed by atoms with Gasteiger partial charge in [0, 0.05) is 60.8 Å². The van der Waals surface area contributed by atoms with E-state index in [0.29, 0.717) is 16.1 Å². The van der Waals surface area contributed by atoms with E-state index in [9.17, 15) is 9.59 Å². The Morgan fingerprint density at radius 3 is 2.50 bits per heavy atom. The van der Waals surface area contributed by atoms with Gasteiger partial charge in [-0.3, -0.25) is 9.59 Å². The summed E-state index contributed by atoms with van der Waals surface area (Å²) in [5.41, 5.74) is 3.30. The van der Waals surface area contributed by atoms with Crippen LogP contribution in [0.1, 0.15) is 34.1 Å². The predicted octanol–water partition coefficient (Wildman–Crippen LogP) is 3.07. The van der Waals surface area contributed by atoms with Crippen LogP contribution >= 0.6 is 11.6 Å². The highest BCUT2D eigenvalue weighted by Crippen LogP contribution is 2.25. The zero-order valence-corrected chi connectivity index (χ0v) is 16.5. The fraction of sp³-hybridized carbons (Fsp3) is 0.368. The number of carbonyl (C=O) groups excluding carboxylic acids is 1. The molecule has 0 aliphatic rings. The lowest BCUT2D eigenvalue weighted by molar-refractivity contribution is 0.0950. The molecule has 2 aromatic rings. The van der Waals surface area contributed by atoms with Gasteiger partial charge >= 0.3 is 0 Å². The van der Waals surface area contributed by atoms with Crippen LogP contribution in [0.15, 0.2) is 23.0 Å². The number of hydrogen-bond donors (Lipinski definition) is 3. The smallest absolute Gasteiger partial charge is 0.251 e. The van der Waals surface area contributed by atoms with E-state index in [1.165, 1.54) is 6.07 Å². The van der Waals surface area contributed by atoms with E-state index in [1.54, 1.807) is 12.1 Å². The highest BCUT2D eigenvalue weighted by atomic mass is 35.5. The van der Waals surface area contributed by atoms with E-state index >= 15 is 0 Å². The van der Waals surface area contributed by atoms with Crippen LogP contribution < -0.4 is 21.0 Å². The van der Waals surface area contributed by atoms with Crippen molar-refractivity contribution in [3.8, 4) is 0 Å². The van der Waals surface area contributed by atoms with Crippen LogP contribution in [0.2, 0.25) is 5.02 Å². The van der Waals surface area contributed by atoms with Gasteiger partial charge in [0.1, 0.15) is 5.82 Å². The molecule has 0 saturated heterocycles. The fourth-order valence-corrected chi connectivity index (χ4v) is 2.93. The number of nitrogens with zero attached hydrogens (tertiary/aromatic N) is 1. The topological polar surface area (TPSA) is 77.2 Å². The van der Waals surface area contributed by atoms with Gasteiger partial charge in [-0.15, -0.1) is 0 Å². The molecule has 0 atom stereocenters. The number of H-pyrrole nitrogens is 1. The van der Waals surface area contributed by atoms with Crippen molar-refractivity contribution in [3.05, 3.63) is 55.8 Å². The second-order valence-electron chi connectivity index (χ2n) is 6.36. The summed E-state index contributed by atoms with van der Waals surface area (Å²) >= 11 is 6.14. The largest absolute Gasteiger partial charge is 0.385 e. The molecule has 1 aromatic heterocycles. The highest BCUT2D eigenvalue weighted by molar-refractivity contribution is 6.31. The summed E-state index contributed by atoms with van der Waals surface area (Å²) < 4.78 is 0. The van der Waals surface area contributed by atoms with Gasteiger partial charge in [0.05, 0.1) is 0 Å². The second-order valence-corrected chi connectivity index (χ2v) is 6.79. The van der Waals surface area contributed by atoms with Crippen LogP contribution in [0.3, 0.4) is 0 Å². The summed E-state index contributed by atoms with van der Waals surface area (Å²) in [5, 5.41) is 6.51. The number of amides is 1. The number of aromatic nitrogens is 1. The predicted molar refractivity (Wildman–Crippen MR) is 108 cm³/mol. The number of rotatable bonds is 6. The van der Waals surface area contributed by atoms with Gasteiger partial charge in [-0.25, -0.2) is 0 Å². The Hall–Kier alpha value is -2.47. The molecule has 26 heavy (non-hydrogen) atoms. The van der Waals surface area contributed by atoms with Crippen LogP contribution in [0.25, 0.3) is 0 Å². The van der Waals surface area contributed by atoms with Crippen molar-refractivity contribution in [2.45, 2.75) is 27.3 Å². The third kappa shape index (κ3) is 4.38. The Balaban J connectivity index is 2.24. The zero-order valence-electron chi connectivity index (χ0n) is 15.8. The van der Waals surface area contributed by atoms with Gasteiger partial charge in [0.2, 0.25) is 0 Å². The van der Waals surface area contributed by atoms with Gasteiger partial charge in [0.25, 0.3) is 5.91 Å². The first-order chi connectivity index (χ1) is 12.2. The molecule has 6 nitrogen and oxygen atoms in total. The Bertz CT molecular complexity index is 875. The number of carbonyl (C=O) groups is 1. The molecule has 0 aliphatic heterocycles. The summed E-state index contributed by atoms with van der Waals surface area (Å²) in [6, 6.07) is 4.97. The van der Waals surface area contributed by atoms with Gasteiger partial charge in [-0.2, -0.15) is 0 Å². The molecule has 0 aliphatic carbocycles. The number of benzene rings is 1. The summed E-state index contributed by atoms with van der Waals surface area (Å²) in [6.07, 6.45) is 0. The van der Waals surface area contributed by atoms with Crippen molar-refractivity contribution in [1.29, 1.82) is 0 Å². The van der Waals surface area contributed by atoms with Gasteiger partial charge < -0.3 is 20.5 Å². The zero-order chi connectivity index (χ0) is 19.4. The number of hydrogen-bond acceptors (Lipinski definition) is 4. The first kappa shape index (κ1) is 19.8. The minimum absolute atomic E-state index is 0.110. The lowest BCUT2D eigenvalue weighted by Gasteiger charge is -2.16. The molecule has 140 valence electrons. The maximum absolute atomic E-state index is 12.6. The molecular weight excluding hydrogens is 352 g/mol. The average molecular weight is 377 g/mol. The second kappa shape index (κ2) is 8.27. The third-order valence-electron chi connectivity index (χ3n) is 4.23. The molecule has 0 spiro atoms. The number of aromatic amines is 1. The highest BCUT2D eigenvalue weighted by Gasteiger charge is 2.15. The molecule has 0 bridgehead atoms. The van der Waals surface area contributed by atoms with Gasteiger partial charge in [0.15, 0.2) is 5.43 Å². The summed E-state index contributed by atoms with van der Waals surface area (Å²) in [7, 11) is 3.71. The molecule has 2 rings (SSSR count). The van der Waals surface area contributed by atoms with Crippen molar-refractivity contribution in [3.63, 3.8) is 0 Å². The quantitative estimate of drug-likeness (QED) is 0.724. The molecular formula is C19H25ClN4O2. The Labute approximate surface area is 158 Å². The summed E-state index contributed by atoms with van der Waals surface area (Å²) in [5.74, 6) is 0.461. The molecule has 1 heterocycles. The normalized spacial score (nSPS) is 10.5. The minimum atomic E-state index is -0.264. The van der Waals surface area contributed by atoms with E-state index in [0.717, 1.165) is 29.3 Å². The SMILES string of the molecule is CCNc1cc(Cl)cc(C(=O)NCc2c(C)[nH]c(N(C)C)cc2=O)c1C. The maximum Gasteiger partial charge on any atom is 0.251 e. The first-order valence-corrected chi connectivity index (χ1v) is 8.84. The van der Waals surface area contributed by atoms with E-state index in [2.05, 4.69) is 15.6 Å². The first-order valence-electron chi connectivity index (χ1n) is 8.47. The summed E-state index contributed by atoms with van der Waals surface area (Å²) in [6.45, 7) is 6.55. The van der Waals surface area contributed by atoms with Crippen molar-refractivity contribution >= 4 is 29.0 Å². The molecule has 0 fully saturated rings. The maximum atomic E-state index is 12.6.